The summed E-state index contributed by atoms with van der Waals surface area (Å²) >= 11 is 3.48. The van der Waals surface area contributed by atoms with Gasteiger partial charge in [0.25, 0.3) is 0 Å². The van der Waals surface area contributed by atoms with Gasteiger partial charge in [-0.05, 0) is 36.2 Å². The summed E-state index contributed by atoms with van der Waals surface area (Å²) in [6.45, 7) is 2.12. The van der Waals surface area contributed by atoms with E-state index in [0.29, 0.717) is 16.9 Å². The molecule has 0 amide bonds. The third-order valence-corrected chi connectivity index (χ3v) is 4.76. The molecule has 0 radical (unpaired) electrons. The van der Waals surface area contributed by atoms with Gasteiger partial charge in [-0.25, -0.2) is 4.98 Å². The molecule has 130 valence electrons. The predicted molar refractivity (Wildman–Crippen MR) is 108 cm³/mol. The molecule has 0 fully saturated rings. The van der Waals surface area contributed by atoms with Gasteiger partial charge >= 0.3 is 0 Å². The van der Waals surface area contributed by atoms with Crippen LogP contribution in [0.2, 0.25) is 0 Å². The highest BCUT2D eigenvalue weighted by molar-refractivity contribution is 9.10. The molecule has 4 nitrogen and oxygen atoms in total. The van der Waals surface area contributed by atoms with Crippen molar-refractivity contribution >= 4 is 21.7 Å². The molecular weight excluding hydrogens is 390 g/mol. The second-order valence-electron chi connectivity index (χ2n) is 5.82. The first-order valence-corrected chi connectivity index (χ1v) is 9.00. The molecule has 1 heterocycles. The van der Waals surface area contributed by atoms with Crippen molar-refractivity contribution in [2.75, 3.05) is 12.8 Å². The summed E-state index contributed by atoms with van der Waals surface area (Å²) in [5.41, 5.74) is 10.9. The Morgan fingerprint density at radius 2 is 1.85 bits per heavy atom. The van der Waals surface area contributed by atoms with Crippen LogP contribution in [0.1, 0.15) is 18.1 Å². The normalized spacial score (nSPS) is 10.4. The van der Waals surface area contributed by atoms with Crippen molar-refractivity contribution in [3.63, 3.8) is 0 Å². The number of nitrogens with zero attached hydrogens (tertiary/aromatic N) is 2. The molecule has 2 aromatic carbocycles. The Hall–Kier alpha value is -2.84. The molecule has 0 aliphatic rings. The van der Waals surface area contributed by atoms with E-state index < -0.39 is 0 Å². The molecule has 3 aromatic rings. The molecule has 0 unspecified atom stereocenters. The van der Waals surface area contributed by atoms with Gasteiger partial charge in [-0.2, -0.15) is 5.26 Å². The zero-order valence-corrected chi connectivity index (χ0v) is 16.2. The predicted octanol–water partition coefficient (Wildman–Crippen LogP) is 5.20. The lowest BCUT2D eigenvalue weighted by atomic mass is 9.97. The number of methoxy groups -OCH3 is 1. The average molecular weight is 408 g/mol. The molecule has 0 spiro atoms. The van der Waals surface area contributed by atoms with Crippen LogP contribution in [0.3, 0.4) is 0 Å². The van der Waals surface area contributed by atoms with Crippen LogP contribution in [-0.2, 0) is 6.42 Å². The zero-order chi connectivity index (χ0) is 18.7. The Labute approximate surface area is 161 Å². The number of nitrogens with two attached hydrogens (primary N) is 1. The van der Waals surface area contributed by atoms with E-state index in [1.807, 2.05) is 36.4 Å². The number of anilines is 1. The molecule has 0 saturated carbocycles. The summed E-state index contributed by atoms with van der Waals surface area (Å²) in [5.74, 6) is 0.879. The second kappa shape index (κ2) is 7.59. The molecule has 0 saturated heterocycles. The molecule has 5 heteroatoms. The number of aromatic nitrogens is 1. The monoisotopic (exact) mass is 407 g/mol. The van der Waals surface area contributed by atoms with Crippen LogP contribution in [0.4, 0.5) is 5.82 Å². The highest BCUT2D eigenvalue weighted by Gasteiger charge is 2.17. The van der Waals surface area contributed by atoms with Gasteiger partial charge in [0.05, 0.1) is 12.8 Å². The fourth-order valence-electron chi connectivity index (χ4n) is 2.84. The topological polar surface area (TPSA) is 71.9 Å². The molecule has 1 aromatic heterocycles. The highest BCUT2D eigenvalue weighted by atomic mass is 79.9. The number of hydrogen-bond acceptors (Lipinski definition) is 4. The first-order chi connectivity index (χ1) is 12.6. The Morgan fingerprint density at radius 3 is 2.46 bits per heavy atom. The van der Waals surface area contributed by atoms with Crippen molar-refractivity contribution in [1.29, 1.82) is 5.26 Å². The number of pyridine rings is 1. The van der Waals surface area contributed by atoms with Crippen LogP contribution in [0.25, 0.3) is 22.4 Å². The highest BCUT2D eigenvalue weighted by Crippen LogP contribution is 2.37. The van der Waals surface area contributed by atoms with Crippen LogP contribution in [0.5, 0.6) is 5.75 Å². The maximum atomic E-state index is 9.60. The van der Waals surface area contributed by atoms with E-state index >= 15 is 0 Å². The van der Waals surface area contributed by atoms with Crippen molar-refractivity contribution in [1.82, 2.24) is 4.98 Å². The molecule has 0 atom stereocenters. The van der Waals surface area contributed by atoms with Gasteiger partial charge in [0.2, 0.25) is 0 Å². The fraction of sp³-hybridized carbons (Fsp3) is 0.143. The summed E-state index contributed by atoms with van der Waals surface area (Å²) in [5, 5.41) is 9.60. The van der Waals surface area contributed by atoms with E-state index in [4.69, 9.17) is 10.5 Å². The summed E-state index contributed by atoms with van der Waals surface area (Å²) in [6, 6.07) is 17.9. The van der Waals surface area contributed by atoms with Gasteiger partial charge in [-0.3, -0.25) is 0 Å². The first kappa shape index (κ1) is 18.0. The summed E-state index contributed by atoms with van der Waals surface area (Å²) < 4.78 is 6.37. The lowest BCUT2D eigenvalue weighted by Gasteiger charge is -2.14. The zero-order valence-electron chi connectivity index (χ0n) is 14.6. The minimum Gasteiger partial charge on any atom is -0.496 e. The van der Waals surface area contributed by atoms with Gasteiger partial charge in [0.1, 0.15) is 23.2 Å². The van der Waals surface area contributed by atoms with Crippen molar-refractivity contribution in [2.24, 2.45) is 0 Å². The summed E-state index contributed by atoms with van der Waals surface area (Å²) in [4.78, 5) is 4.44. The number of benzene rings is 2. The van der Waals surface area contributed by atoms with Gasteiger partial charge < -0.3 is 10.5 Å². The molecule has 3 rings (SSSR count). The first-order valence-electron chi connectivity index (χ1n) is 8.21. The smallest absolute Gasteiger partial charge is 0.142 e. The van der Waals surface area contributed by atoms with E-state index in [-0.39, 0.29) is 5.82 Å². The summed E-state index contributed by atoms with van der Waals surface area (Å²) in [7, 11) is 1.60. The number of aryl methyl sites for hydroxylation is 1. The van der Waals surface area contributed by atoms with E-state index in [0.717, 1.165) is 27.7 Å². The quantitative estimate of drug-likeness (QED) is 0.644. The lowest BCUT2D eigenvalue weighted by molar-refractivity contribution is 0.416. The van der Waals surface area contributed by atoms with E-state index in [1.54, 1.807) is 7.11 Å². The van der Waals surface area contributed by atoms with Crippen LogP contribution in [-0.4, -0.2) is 12.1 Å². The molecular formula is C21H18BrN3O. The lowest BCUT2D eigenvalue weighted by Crippen LogP contribution is -2.00. The van der Waals surface area contributed by atoms with Gasteiger partial charge in [-0.1, -0.05) is 47.1 Å². The third kappa shape index (κ3) is 3.42. The van der Waals surface area contributed by atoms with Gasteiger partial charge in [-0.15, -0.1) is 0 Å². The molecule has 0 aliphatic carbocycles. The molecule has 0 aliphatic heterocycles. The number of nitrogen functional groups attached to an aromatic ring is 1. The molecule has 26 heavy (non-hydrogen) atoms. The van der Waals surface area contributed by atoms with Crippen LogP contribution in [0, 0.1) is 11.3 Å². The standard InChI is InChI=1S/C21H18BrN3O/c1-3-13-4-6-14(7-5-13)19-11-16(18(12-23)21(24)25-19)17-10-15(22)8-9-20(17)26-2/h4-11H,3H2,1-2H3,(H2,24,25). The van der Waals surface area contributed by atoms with Crippen molar-refractivity contribution in [3.8, 4) is 34.2 Å². The van der Waals surface area contributed by atoms with E-state index in [9.17, 15) is 5.26 Å². The minimum absolute atomic E-state index is 0.210. The number of ether oxygens (including phenoxy) is 1. The van der Waals surface area contributed by atoms with Crippen molar-refractivity contribution in [3.05, 3.63) is 64.1 Å². The largest absolute Gasteiger partial charge is 0.496 e. The molecule has 0 bridgehead atoms. The Morgan fingerprint density at radius 1 is 1.12 bits per heavy atom. The summed E-state index contributed by atoms with van der Waals surface area (Å²) in [6.07, 6.45) is 0.976. The Kier molecular flexibility index (Phi) is 5.24. The number of hydrogen-bond donors (Lipinski definition) is 1. The number of rotatable bonds is 4. The fourth-order valence-corrected chi connectivity index (χ4v) is 3.21. The molecule has 2 N–H and O–H groups in total. The maximum absolute atomic E-state index is 9.60. The third-order valence-electron chi connectivity index (χ3n) is 4.27. The van der Waals surface area contributed by atoms with Gasteiger partial charge in [0.15, 0.2) is 0 Å². The van der Waals surface area contributed by atoms with Crippen molar-refractivity contribution in [2.45, 2.75) is 13.3 Å². The van der Waals surface area contributed by atoms with Crippen LogP contribution in [0.15, 0.2) is 53.0 Å². The maximum Gasteiger partial charge on any atom is 0.142 e. The van der Waals surface area contributed by atoms with Crippen molar-refractivity contribution < 1.29 is 4.74 Å². The Balaban J connectivity index is 2.23. The number of halogens is 1. The van der Waals surface area contributed by atoms with Crippen LogP contribution < -0.4 is 10.5 Å². The second-order valence-corrected chi connectivity index (χ2v) is 6.74. The Bertz CT molecular complexity index is 991. The van der Waals surface area contributed by atoms with E-state index in [1.165, 1.54) is 5.56 Å². The van der Waals surface area contributed by atoms with Crippen LogP contribution >= 0.6 is 15.9 Å². The number of nitriles is 1. The average Bonchev–Trinajstić information content (AvgIpc) is 2.67. The van der Waals surface area contributed by atoms with Gasteiger partial charge in [0, 0.05) is 21.2 Å². The van der Waals surface area contributed by atoms with E-state index in [2.05, 4.69) is 46.0 Å². The minimum atomic E-state index is 0.210. The SMILES string of the molecule is CCc1ccc(-c2cc(-c3cc(Br)ccc3OC)c(C#N)c(N)n2)cc1.